The number of nitrogens with zero attached hydrogens (tertiary/aromatic N) is 4. The fourth-order valence-electron chi connectivity index (χ4n) is 3.34. The van der Waals surface area contributed by atoms with Crippen LogP contribution in [0.15, 0.2) is 48.8 Å². The van der Waals surface area contributed by atoms with Crippen LogP contribution < -0.4 is 10.2 Å². The average Bonchev–Trinajstić information content (AvgIpc) is 3.40. The van der Waals surface area contributed by atoms with Gasteiger partial charge in [0.15, 0.2) is 0 Å². The van der Waals surface area contributed by atoms with Crippen molar-refractivity contribution in [2.75, 3.05) is 23.3 Å². The van der Waals surface area contributed by atoms with Gasteiger partial charge in [-0.2, -0.15) is 0 Å². The number of aryl methyl sites for hydroxylation is 1. The molecule has 3 aromatic rings. The highest BCUT2D eigenvalue weighted by Gasteiger charge is 2.27. The molecule has 1 fully saturated rings. The first-order valence-electron chi connectivity index (χ1n) is 9.34. The number of carbonyl (C=O) groups is 1. The van der Waals surface area contributed by atoms with E-state index in [9.17, 15) is 4.79 Å². The molecule has 4 rings (SSSR count). The Morgan fingerprint density at radius 3 is 2.67 bits per heavy atom. The van der Waals surface area contributed by atoms with Gasteiger partial charge in [-0.1, -0.05) is 30.4 Å². The monoisotopic (exact) mass is 381 g/mol. The SMILES string of the molecule is CCc1ccc(NC(=O)C2CCCN(c3nnc(-n4cccc4)s3)C2)cc1. The molecule has 27 heavy (non-hydrogen) atoms. The number of piperidine rings is 1. The van der Waals surface area contributed by atoms with Gasteiger partial charge in [0, 0.05) is 31.2 Å². The van der Waals surface area contributed by atoms with Crippen LogP contribution in [0.25, 0.3) is 5.13 Å². The van der Waals surface area contributed by atoms with Gasteiger partial charge < -0.3 is 10.2 Å². The van der Waals surface area contributed by atoms with Crippen LogP contribution in [-0.4, -0.2) is 33.8 Å². The van der Waals surface area contributed by atoms with Crippen molar-refractivity contribution in [1.82, 2.24) is 14.8 Å². The first kappa shape index (κ1) is 17.7. The Labute approximate surface area is 162 Å². The maximum atomic E-state index is 12.7. The lowest BCUT2D eigenvalue weighted by molar-refractivity contribution is -0.120. The summed E-state index contributed by atoms with van der Waals surface area (Å²) in [6.45, 7) is 3.72. The minimum Gasteiger partial charge on any atom is -0.346 e. The molecule has 1 aromatic carbocycles. The zero-order valence-electron chi connectivity index (χ0n) is 15.3. The Bertz CT molecular complexity index is 888. The summed E-state index contributed by atoms with van der Waals surface area (Å²) < 4.78 is 1.95. The second-order valence-corrected chi connectivity index (χ2v) is 7.72. The van der Waals surface area contributed by atoms with Crippen LogP contribution in [0.2, 0.25) is 0 Å². The van der Waals surface area contributed by atoms with E-state index in [2.05, 4.69) is 39.5 Å². The molecule has 3 heterocycles. The Morgan fingerprint density at radius 2 is 1.93 bits per heavy atom. The summed E-state index contributed by atoms with van der Waals surface area (Å²) >= 11 is 1.55. The van der Waals surface area contributed by atoms with Crippen molar-refractivity contribution in [2.45, 2.75) is 26.2 Å². The molecule has 0 radical (unpaired) electrons. The third-order valence-corrected chi connectivity index (χ3v) is 5.92. The molecule has 1 amide bonds. The summed E-state index contributed by atoms with van der Waals surface area (Å²) in [5.41, 5.74) is 2.13. The topological polar surface area (TPSA) is 63.1 Å². The highest BCUT2D eigenvalue weighted by atomic mass is 32.1. The van der Waals surface area contributed by atoms with Gasteiger partial charge in [0.2, 0.25) is 16.2 Å². The first-order chi connectivity index (χ1) is 13.2. The standard InChI is InChI=1S/C20H23N5OS/c1-2-15-7-9-17(10-8-15)21-18(26)16-6-5-13-25(14-16)20-23-22-19(27-20)24-11-3-4-12-24/h3-4,7-12,16H,2,5-6,13-14H2,1H3,(H,21,26). The number of hydrogen-bond acceptors (Lipinski definition) is 5. The van der Waals surface area contributed by atoms with E-state index in [-0.39, 0.29) is 11.8 Å². The molecular formula is C20H23N5OS. The first-order valence-corrected chi connectivity index (χ1v) is 10.2. The molecule has 7 heteroatoms. The van der Waals surface area contributed by atoms with E-state index in [4.69, 9.17) is 0 Å². The molecule has 6 nitrogen and oxygen atoms in total. The van der Waals surface area contributed by atoms with Gasteiger partial charge in [-0.15, -0.1) is 10.2 Å². The van der Waals surface area contributed by atoms with Gasteiger partial charge >= 0.3 is 0 Å². The van der Waals surface area contributed by atoms with Crippen LogP contribution in [0.3, 0.4) is 0 Å². The number of amides is 1. The molecule has 1 unspecified atom stereocenters. The van der Waals surface area contributed by atoms with E-state index in [0.29, 0.717) is 6.54 Å². The summed E-state index contributed by atoms with van der Waals surface area (Å²) in [7, 11) is 0. The molecule has 0 aliphatic carbocycles. The highest BCUT2D eigenvalue weighted by Crippen LogP contribution is 2.28. The maximum Gasteiger partial charge on any atom is 0.229 e. The second kappa shape index (κ2) is 7.92. The third kappa shape index (κ3) is 4.03. The van der Waals surface area contributed by atoms with E-state index >= 15 is 0 Å². The Hall–Kier alpha value is -2.67. The molecule has 1 atom stereocenters. The van der Waals surface area contributed by atoms with E-state index < -0.39 is 0 Å². The fraction of sp³-hybridized carbons (Fsp3) is 0.350. The molecule has 1 aliphatic rings. The van der Waals surface area contributed by atoms with Gasteiger partial charge in [0.05, 0.1) is 5.92 Å². The summed E-state index contributed by atoms with van der Waals surface area (Å²) in [6, 6.07) is 12.0. The fourth-order valence-corrected chi connectivity index (χ4v) is 4.18. The Morgan fingerprint density at radius 1 is 1.19 bits per heavy atom. The molecule has 0 saturated carbocycles. The van der Waals surface area contributed by atoms with Gasteiger partial charge in [-0.25, -0.2) is 0 Å². The van der Waals surface area contributed by atoms with Gasteiger partial charge in [-0.05, 0) is 49.1 Å². The number of carbonyl (C=O) groups excluding carboxylic acids is 1. The van der Waals surface area contributed by atoms with Gasteiger partial charge in [0.1, 0.15) is 0 Å². The minimum absolute atomic E-state index is 0.0384. The molecule has 1 N–H and O–H groups in total. The molecule has 1 saturated heterocycles. The maximum absolute atomic E-state index is 12.7. The third-order valence-electron chi connectivity index (χ3n) is 4.92. The quantitative estimate of drug-likeness (QED) is 0.731. The molecular weight excluding hydrogens is 358 g/mol. The lowest BCUT2D eigenvalue weighted by Gasteiger charge is -2.31. The molecule has 0 spiro atoms. The van der Waals surface area contributed by atoms with E-state index in [1.807, 2.05) is 41.2 Å². The Kier molecular flexibility index (Phi) is 5.20. The number of nitrogens with one attached hydrogen (secondary N) is 1. The number of anilines is 2. The minimum atomic E-state index is -0.0384. The smallest absolute Gasteiger partial charge is 0.229 e. The number of benzene rings is 1. The lowest BCUT2D eigenvalue weighted by atomic mass is 9.97. The zero-order chi connectivity index (χ0) is 18.6. The normalized spacial score (nSPS) is 17.1. The van der Waals surface area contributed by atoms with Crippen LogP contribution in [0, 0.1) is 5.92 Å². The zero-order valence-corrected chi connectivity index (χ0v) is 16.2. The van der Waals surface area contributed by atoms with E-state index in [0.717, 1.165) is 41.8 Å². The second-order valence-electron chi connectivity index (χ2n) is 6.78. The molecule has 0 bridgehead atoms. The predicted molar refractivity (Wildman–Crippen MR) is 109 cm³/mol. The van der Waals surface area contributed by atoms with E-state index in [1.54, 1.807) is 11.3 Å². The summed E-state index contributed by atoms with van der Waals surface area (Å²) in [5, 5.41) is 13.4. The van der Waals surface area contributed by atoms with Gasteiger partial charge in [0.25, 0.3) is 0 Å². The average molecular weight is 382 g/mol. The predicted octanol–water partition coefficient (Wildman–Crippen LogP) is 3.75. The molecule has 140 valence electrons. The van der Waals surface area contributed by atoms with Crippen LogP contribution in [0.1, 0.15) is 25.3 Å². The number of rotatable bonds is 5. The van der Waals surface area contributed by atoms with Crippen molar-refractivity contribution in [3.63, 3.8) is 0 Å². The van der Waals surface area contributed by atoms with Crippen molar-refractivity contribution in [3.05, 3.63) is 54.4 Å². The van der Waals surface area contributed by atoms with E-state index in [1.165, 1.54) is 5.56 Å². The van der Waals surface area contributed by atoms with Crippen molar-refractivity contribution >= 4 is 28.1 Å². The van der Waals surface area contributed by atoms with Crippen LogP contribution in [0.4, 0.5) is 10.8 Å². The summed E-state index contributed by atoms with van der Waals surface area (Å²) in [6.07, 6.45) is 6.80. The number of hydrogen-bond donors (Lipinski definition) is 1. The summed E-state index contributed by atoms with van der Waals surface area (Å²) in [5.74, 6) is 0.0441. The van der Waals surface area contributed by atoms with Crippen LogP contribution >= 0.6 is 11.3 Å². The molecule has 1 aliphatic heterocycles. The highest BCUT2D eigenvalue weighted by molar-refractivity contribution is 7.17. The lowest BCUT2D eigenvalue weighted by Crippen LogP contribution is -2.40. The van der Waals surface area contributed by atoms with Crippen LogP contribution in [0.5, 0.6) is 0 Å². The Balaban J connectivity index is 1.40. The van der Waals surface area contributed by atoms with Gasteiger partial charge in [-0.3, -0.25) is 9.36 Å². The van der Waals surface area contributed by atoms with Crippen molar-refractivity contribution in [3.8, 4) is 5.13 Å². The van der Waals surface area contributed by atoms with Crippen molar-refractivity contribution in [2.24, 2.45) is 5.92 Å². The number of aromatic nitrogens is 3. The molecule has 2 aromatic heterocycles. The largest absolute Gasteiger partial charge is 0.346 e. The van der Waals surface area contributed by atoms with Crippen molar-refractivity contribution < 1.29 is 4.79 Å². The summed E-state index contributed by atoms with van der Waals surface area (Å²) in [4.78, 5) is 14.9. The van der Waals surface area contributed by atoms with Crippen molar-refractivity contribution in [1.29, 1.82) is 0 Å². The van der Waals surface area contributed by atoms with Crippen LogP contribution in [-0.2, 0) is 11.2 Å².